The Labute approximate surface area is 135 Å². The highest BCUT2D eigenvalue weighted by atomic mass is 32.1. The first-order valence-electron chi connectivity index (χ1n) is 8.00. The zero-order valence-corrected chi connectivity index (χ0v) is 13.7. The number of fused-ring (bicyclic) bond motifs is 2. The van der Waals surface area contributed by atoms with Crippen LogP contribution in [-0.4, -0.2) is 20.2 Å². The fourth-order valence-electron chi connectivity index (χ4n) is 3.71. The van der Waals surface area contributed by atoms with E-state index in [0.29, 0.717) is 0 Å². The van der Waals surface area contributed by atoms with Crippen molar-refractivity contribution >= 4 is 16.9 Å². The van der Waals surface area contributed by atoms with Crippen LogP contribution >= 0.6 is 11.3 Å². The highest BCUT2D eigenvalue weighted by Gasteiger charge is 2.28. The molecule has 1 aliphatic carbocycles. The smallest absolute Gasteiger partial charge is 0.0959 e. The Kier molecular flexibility index (Phi) is 3.87. The summed E-state index contributed by atoms with van der Waals surface area (Å²) in [5, 5.41) is 5.69. The third-order valence-corrected chi connectivity index (χ3v) is 5.80. The van der Waals surface area contributed by atoms with Crippen molar-refractivity contribution in [3.63, 3.8) is 0 Å². The van der Waals surface area contributed by atoms with Crippen LogP contribution in [0.15, 0.2) is 41.3 Å². The van der Waals surface area contributed by atoms with Crippen molar-refractivity contribution in [2.75, 3.05) is 20.2 Å². The van der Waals surface area contributed by atoms with Gasteiger partial charge in [-0.15, -0.1) is 11.3 Å². The summed E-state index contributed by atoms with van der Waals surface area (Å²) in [5.74, 6) is 0. The van der Waals surface area contributed by atoms with Crippen LogP contribution < -0.4 is 5.32 Å². The molecule has 0 radical (unpaired) electrons. The lowest BCUT2D eigenvalue weighted by Crippen LogP contribution is -2.24. The molecule has 0 amide bonds. The number of nitrogens with one attached hydrogen (secondary N) is 1. The summed E-state index contributed by atoms with van der Waals surface area (Å²) >= 11 is 1.83. The van der Waals surface area contributed by atoms with Crippen LogP contribution in [0.5, 0.6) is 0 Å². The predicted molar refractivity (Wildman–Crippen MR) is 92.3 cm³/mol. The van der Waals surface area contributed by atoms with Crippen molar-refractivity contribution in [3.8, 4) is 0 Å². The van der Waals surface area contributed by atoms with Crippen LogP contribution in [0, 0.1) is 0 Å². The Bertz CT molecular complexity index is 708. The van der Waals surface area contributed by atoms with Crippen LogP contribution in [0.3, 0.4) is 0 Å². The molecule has 0 spiro atoms. The summed E-state index contributed by atoms with van der Waals surface area (Å²) in [5.41, 5.74) is 7.31. The van der Waals surface area contributed by atoms with Gasteiger partial charge in [0.2, 0.25) is 0 Å². The molecule has 0 saturated carbocycles. The van der Waals surface area contributed by atoms with Gasteiger partial charge < -0.3 is 10.1 Å². The second-order valence-electron chi connectivity index (χ2n) is 6.01. The third-order valence-electron chi connectivity index (χ3n) is 4.79. The van der Waals surface area contributed by atoms with Crippen LogP contribution in [0.1, 0.15) is 40.5 Å². The molecule has 1 aromatic carbocycles. The van der Waals surface area contributed by atoms with Crippen molar-refractivity contribution in [2.24, 2.45) is 0 Å². The predicted octanol–water partition coefficient (Wildman–Crippen LogP) is 4.18. The molecule has 1 aliphatic heterocycles. The van der Waals surface area contributed by atoms with E-state index < -0.39 is 0 Å². The monoisotopic (exact) mass is 311 g/mol. The first-order valence-corrected chi connectivity index (χ1v) is 8.88. The maximum absolute atomic E-state index is 5.82. The number of rotatable bonds is 1. The summed E-state index contributed by atoms with van der Waals surface area (Å²) in [4.78, 5) is 1.39. The Hall–Kier alpha value is -1.42. The standard InChI is InChI=1S/C19H21NOS/c1-21-17-12-14-4-2-3-5-15(14)18(13-6-9-20-10-7-13)16-8-11-22-19(16)17/h2-5,8,11,17,20H,6-7,9-10,12H2,1H3/t17-/m0/s1. The molecule has 1 aromatic heterocycles. The number of hydrogen-bond donors (Lipinski definition) is 1. The largest absolute Gasteiger partial charge is 0.376 e. The van der Waals surface area contributed by atoms with Crippen LogP contribution in [0.2, 0.25) is 0 Å². The van der Waals surface area contributed by atoms with E-state index in [1.54, 1.807) is 5.57 Å². The van der Waals surface area contributed by atoms with Gasteiger partial charge in [-0.2, -0.15) is 0 Å². The second-order valence-corrected chi connectivity index (χ2v) is 6.96. The summed E-state index contributed by atoms with van der Waals surface area (Å²) in [6, 6.07) is 11.2. The minimum Gasteiger partial charge on any atom is -0.376 e. The normalized spacial score (nSPS) is 21.2. The van der Waals surface area contributed by atoms with Crippen molar-refractivity contribution in [2.45, 2.75) is 25.4 Å². The summed E-state index contributed by atoms with van der Waals surface area (Å²) in [6.07, 6.45) is 3.44. The molecule has 0 bridgehead atoms. The molecular formula is C19H21NOS. The topological polar surface area (TPSA) is 21.3 Å². The van der Waals surface area contributed by atoms with E-state index in [1.165, 1.54) is 27.1 Å². The zero-order chi connectivity index (χ0) is 14.9. The van der Waals surface area contributed by atoms with Crippen molar-refractivity contribution < 1.29 is 4.74 Å². The number of hydrogen-bond acceptors (Lipinski definition) is 3. The van der Waals surface area contributed by atoms with Crippen molar-refractivity contribution in [1.82, 2.24) is 5.32 Å². The Morgan fingerprint density at radius 3 is 2.73 bits per heavy atom. The summed E-state index contributed by atoms with van der Waals surface area (Å²) < 4.78 is 5.82. The molecule has 3 heteroatoms. The van der Waals surface area contributed by atoms with Gasteiger partial charge >= 0.3 is 0 Å². The molecule has 1 fully saturated rings. The SMILES string of the molecule is CO[C@H]1Cc2ccccc2C(=C2CCNCC2)c2ccsc21. The molecule has 0 unspecified atom stereocenters. The van der Waals surface area contributed by atoms with E-state index in [9.17, 15) is 0 Å². The maximum Gasteiger partial charge on any atom is 0.0959 e. The van der Waals surface area contributed by atoms with Gasteiger partial charge in [-0.05, 0) is 59.6 Å². The molecule has 2 aromatic rings. The lowest BCUT2D eigenvalue weighted by Gasteiger charge is -2.21. The van der Waals surface area contributed by atoms with E-state index in [1.807, 2.05) is 18.4 Å². The number of methoxy groups -OCH3 is 1. The minimum atomic E-state index is 0.177. The van der Waals surface area contributed by atoms with E-state index >= 15 is 0 Å². The second kappa shape index (κ2) is 5.99. The van der Waals surface area contributed by atoms with Crippen molar-refractivity contribution in [1.29, 1.82) is 0 Å². The zero-order valence-electron chi connectivity index (χ0n) is 12.9. The number of benzene rings is 1. The number of thiophene rings is 1. The average molecular weight is 311 g/mol. The van der Waals surface area contributed by atoms with Gasteiger partial charge in [0.1, 0.15) is 0 Å². The molecule has 1 N–H and O–H groups in total. The van der Waals surface area contributed by atoms with E-state index in [4.69, 9.17) is 4.74 Å². The van der Waals surface area contributed by atoms with Crippen LogP contribution in [-0.2, 0) is 11.2 Å². The number of piperidine rings is 1. The summed E-state index contributed by atoms with van der Waals surface area (Å²) in [6.45, 7) is 2.18. The maximum atomic E-state index is 5.82. The average Bonchev–Trinajstić information content (AvgIpc) is 2.99. The van der Waals surface area contributed by atoms with E-state index in [2.05, 4.69) is 41.0 Å². The molecule has 1 saturated heterocycles. The molecular weight excluding hydrogens is 290 g/mol. The molecule has 4 rings (SSSR count). The Balaban J connectivity index is 1.97. The fourth-order valence-corrected chi connectivity index (χ4v) is 4.69. The molecule has 2 nitrogen and oxygen atoms in total. The highest BCUT2D eigenvalue weighted by molar-refractivity contribution is 7.10. The van der Waals surface area contributed by atoms with E-state index in [-0.39, 0.29) is 6.10 Å². The first kappa shape index (κ1) is 14.2. The molecule has 1 atom stereocenters. The van der Waals surface area contributed by atoms with Gasteiger partial charge in [-0.3, -0.25) is 0 Å². The fraction of sp³-hybridized carbons (Fsp3) is 0.368. The van der Waals surface area contributed by atoms with E-state index in [0.717, 1.165) is 32.4 Å². The van der Waals surface area contributed by atoms with Gasteiger partial charge in [-0.1, -0.05) is 29.8 Å². The summed E-state index contributed by atoms with van der Waals surface area (Å²) in [7, 11) is 1.83. The van der Waals surface area contributed by atoms with Gasteiger partial charge in [0, 0.05) is 18.4 Å². The van der Waals surface area contributed by atoms with Gasteiger partial charge in [-0.25, -0.2) is 0 Å². The number of ether oxygens (including phenoxy) is 1. The lowest BCUT2D eigenvalue weighted by molar-refractivity contribution is 0.107. The van der Waals surface area contributed by atoms with Gasteiger partial charge in [0.25, 0.3) is 0 Å². The van der Waals surface area contributed by atoms with Gasteiger partial charge in [0.15, 0.2) is 0 Å². The lowest BCUT2D eigenvalue weighted by atomic mass is 9.88. The quantitative estimate of drug-likeness (QED) is 0.853. The molecule has 2 aliphatic rings. The van der Waals surface area contributed by atoms with Gasteiger partial charge in [0.05, 0.1) is 6.10 Å². The Morgan fingerprint density at radius 1 is 1.09 bits per heavy atom. The van der Waals surface area contributed by atoms with Crippen molar-refractivity contribution in [3.05, 3.63) is 62.9 Å². The van der Waals surface area contributed by atoms with Crippen LogP contribution in [0.25, 0.3) is 5.57 Å². The third kappa shape index (κ3) is 2.34. The molecule has 22 heavy (non-hydrogen) atoms. The Morgan fingerprint density at radius 2 is 1.91 bits per heavy atom. The first-order chi connectivity index (χ1) is 10.9. The molecule has 2 heterocycles. The highest BCUT2D eigenvalue weighted by Crippen LogP contribution is 2.43. The minimum absolute atomic E-state index is 0.177. The molecule has 114 valence electrons. The van der Waals surface area contributed by atoms with Crippen LogP contribution in [0.4, 0.5) is 0 Å².